The molecule has 1 aromatic rings. The van der Waals surface area contributed by atoms with Crippen LogP contribution in [0.1, 0.15) is 12.8 Å². The van der Waals surface area contributed by atoms with Gasteiger partial charge in [-0.15, -0.1) is 0 Å². The van der Waals surface area contributed by atoms with E-state index in [0.29, 0.717) is 32.0 Å². The van der Waals surface area contributed by atoms with Crippen LogP contribution >= 0.6 is 0 Å². The lowest BCUT2D eigenvalue weighted by Gasteiger charge is -2.30. The number of morpholine rings is 1. The molecular weight excluding hydrogens is 342 g/mol. The number of ether oxygens (including phenoxy) is 1. The predicted octanol–water partition coefficient (Wildman–Crippen LogP) is 0.912. The van der Waals surface area contributed by atoms with Crippen molar-refractivity contribution < 1.29 is 17.9 Å². The third kappa shape index (κ3) is 4.43. The highest BCUT2D eigenvalue weighted by molar-refractivity contribution is 7.92. The van der Waals surface area contributed by atoms with E-state index in [4.69, 9.17) is 4.74 Å². The molecule has 2 saturated heterocycles. The van der Waals surface area contributed by atoms with Crippen molar-refractivity contribution in [3.63, 3.8) is 0 Å². The van der Waals surface area contributed by atoms with Crippen LogP contribution in [0.2, 0.25) is 0 Å². The summed E-state index contributed by atoms with van der Waals surface area (Å²) in [6.45, 7) is 3.89. The number of hydrogen-bond acceptors (Lipinski definition) is 5. The Morgan fingerprint density at radius 3 is 2.24 bits per heavy atom. The van der Waals surface area contributed by atoms with Crippen molar-refractivity contribution >= 4 is 27.3 Å². The molecule has 0 spiro atoms. The van der Waals surface area contributed by atoms with Crippen LogP contribution in [-0.4, -0.2) is 71.4 Å². The van der Waals surface area contributed by atoms with Crippen molar-refractivity contribution in [1.82, 2.24) is 4.90 Å². The van der Waals surface area contributed by atoms with E-state index in [1.807, 2.05) is 12.1 Å². The van der Waals surface area contributed by atoms with E-state index >= 15 is 0 Å². The summed E-state index contributed by atoms with van der Waals surface area (Å²) in [5.74, 6) is -0.197. The Hall–Kier alpha value is -1.80. The van der Waals surface area contributed by atoms with Gasteiger partial charge in [0.05, 0.1) is 25.2 Å². The fourth-order valence-corrected chi connectivity index (χ4v) is 4.09. The van der Waals surface area contributed by atoms with Crippen molar-refractivity contribution in [2.45, 2.75) is 12.8 Å². The second-order valence-corrected chi connectivity index (χ2v) is 8.38. The number of nitrogens with zero attached hydrogens (tertiary/aromatic N) is 3. The van der Waals surface area contributed by atoms with E-state index in [1.54, 1.807) is 17.0 Å². The van der Waals surface area contributed by atoms with Gasteiger partial charge >= 0.3 is 0 Å². The van der Waals surface area contributed by atoms with Crippen LogP contribution in [0.5, 0.6) is 0 Å². The van der Waals surface area contributed by atoms with Crippen LogP contribution in [0.25, 0.3) is 0 Å². The van der Waals surface area contributed by atoms with Crippen LogP contribution in [0.15, 0.2) is 24.3 Å². The maximum absolute atomic E-state index is 12.5. The second-order valence-electron chi connectivity index (χ2n) is 6.47. The summed E-state index contributed by atoms with van der Waals surface area (Å²) in [4.78, 5) is 16.4. The van der Waals surface area contributed by atoms with Crippen molar-refractivity contribution in [3.05, 3.63) is 24.3 Å². The molecule has 1 amide bonds. The maximum atomic E-state index is 12.5. The molecule has 0 aromatic heterocycles. The zero-order valence-electron chi connectivity index (χ0n) is 14.6. The van der Waals surface area contributed by atoms with Crippen molar-refractivity contribution in [2.24, 2.45) is 0 Å². The Morgan fingerprint density at radius 1 is 1.08 bits per heavy atom. The lowest BCUT2D eigenvalue weighted by Crippen LogP contribution is -2.47. The fraction of sp³-hybridized carbons (Fsp3) is 0.588. The predicted molar refractivity (Wildman–Crippen MR) is 97.5 cm³/mol. The summed E-state index contributed by atoms with van der Waals surface area (Å²) in [6.07, 6.45) is 3.50. The summed E-state index contributed by atoms with van der Waals surface area (Å²) in [5.41, 5.74) is 1.61. The van der Waals surface area contributed by atoms with Gasteiger partial charge in [0.25, 0.3) is 0 Å². The highest BCUT2D eigenvalue weighted by Crippen LogP contribution is 2.25. The molecule has 0 atom stereocenters. The van der Waals surface area contributed by atoms with E-state index in [1.165, 1.54) is 17.1 Å². The number of anilines is 2. The maximum Gasteiger partial charge on any atom is 0.243 e. The normalized spacial score (nSPS) is 18.4. The van der Waals surface area contributed by atoms with Gasteiger partial charge in [-0.25, -0.2) is 8.42 Å². The van der Waals surface area contributed by atoms with Crippen molar-refractivity contribution in [2.75, 3.05) is 61.4 Å². The summed E-state index contributed by atoms with van der Waals surface area (Å²) in [6, 6.07) is 7.42. The van der Waals surface area contributed by atoms with Crippen molar-refractivity contribution in [1.29, 1.82) is 0 Å². The van der Waals surface area contributed by atoms with Gasteiger partial charge < -0.3 is 14.5 Å². The van der Waals surface area contributed by atoms with Crippen molar-refractivity contribution in [3.8, 4) is 0 Å². The molecule has 0 radical (unpaired) electrons. The topological polar surface area (TPSA) is 70.2 Å². The van der Waals surface area contributed by atoms with Crippen LogP contribution in [0.3, 0.4) is 0 Å². The largest absolute Gasteiger partial charge is 0.378 e. The fourth-order valence-electron chi connectivity index (χ4n) is 3.24. The molecule has 25 heavy (non-hydrogen) atoms. The first-order valence-electron chi connectivity index (χ1n) is 8.63. The van der Waals surface area contributed by atoms with Gasteiger partial charge in [0.1, 0.15) is 6.54 Å². The first-order chi connectivity index (χ1) is 11.9. The Bertz CT molecular complexity index is 693. The smallest absolute Gasteiger partial charge is 0.243 e. The quantitative estimate of drug-likeness (QED) is 0.774. The summed E-state index contributed by atoms with van der Waals surface area (Å²) >= 11 is 0. The summed E-state index contributed by atoms with van der Waals surface area (Å²) in [5, 5.41) is 0. The molecule has 0 bridgehead atoms. The number of hydrogen-bond donors (Lipinski definition) is 0. The monoisotopic (exact) mass is 367 g/mol. The first kappa shape index (κ1) is 18.0. The first-order valence-corrected chi connectivity index (χ1v) is 10.5. The molecule has 0 saturated carbocycles. The van der Waals surface area contributed by atoms with E-state index < -0.39 is 10.0 Å². The van der Waals surface area contributed by atoms with Gasteiger partial charge in [0.2, 0.25) is 15.9 Å². The minimum atomic E-state index is -3.54. The SMILES string of the molecule is CS(=O)(=O)N(CC(=O)N1CCOCC1)c1ccc(N2CCCC2)cc1. The zero-order valence-corrected chi connectivity index (χ0v) is 15.4. The molecule has 0 aliphatic carbocycles. The van der Waals surface area contributed by atoms with Crippen LogP contribution < -0.4 is 9.21 Å². The van der Waals surface area contributed by atoms with Gasteiger partial charge in [-0.1, -0.05) is 0 Å². The standard InChI is InChI=1S/C17H25N3O4S/c1-25(22,23)20(14-17(21)19-10-12-24-13-11-19)16-6-4-15(5-7-16)18-8-2-3-9-18/h4-7H,2-3,8-14H2,1H3. The molecule has 2 fully saturated rings. The third-order valence-electron chi connectivity index (χ3n) is 4.65. The highest BCUT2D eigenvalue weighted by atomic mass is 32.2. The van der Waals surface area contributed by atoms with Gasteiger partial charge in [0, 0.05) is 31.9 Å². The Labute approximate surface area is 149 Å². The number of carbonyl (C=O) groups is 1. The van der Waals surface area contributed by atoms with Crippen LogP contribution in [-0.2, 0) is 19.6 Å². The number of rotatable bonds is 5. The van der Waals surface area contributed by atoms with E-state index in [-0.39, 0.29) is 12.5 Å². The molecule has 8 heteroatoms. The molecule has 2 heterocycles. The molecule has 1 aromatic carbocycles. The molecule has 0 N–H and O–H groups in total. The summed E-state index contributed by atoms with van der Waals surface area (Å²) < 4.78 is 30.8. The number of sulfonamides is 1. The molecule has 3 rings (SSSR count). The lowest BCUT2D eigenvalue weighted by molar-refractivity contribution is -0.133. The summed E-state index contributed by atoms with van der Waals surface area (Å²) in [7, 11) is -3.54. The Kier molecular flexibility index (Phi) is 5.48. The van der Waals surface area contributed by atoms with Gasteiger partial charge in [-0.05, 0) is 37.1 Å². The molecule has 7 nitrogen and oxygen atoms in total. The van der Waals surface area contributed by atoms with Gasteiger partial charge in [-0.2, -0.15) is 0 Å². The molecule has 138 valence electrons. The highest BCUT2D eigenvalue weighted by Gasteiger charge is 2.25. The van der Waals surface area contributed by atoms with Gasteiger partial charge in [0.15, 0.2) is 0 Å². The zero-order chi connectivity index (χ0) is 17.9. The van der Waals surface area contributed by atoms with Gasteiger partial charge in [-0.3, -0.25) is 9.10 Å². The second kappa shape index (κ2) is 7.61. The number of carbonyl (C=O) groups excluding carboxylic acids is 1. The average molecular weight is 367 g/mol. The van der Waals surface area contributed by atoms with Crippen LogP contribution in [0.4, 0.5) is 11.4 Å². The number of benzene rings is 1. The lowest BCUT2D eigenvalue weighted by atomic mass is 10.2. The molecule has 2 aliphatic heterocycles. The molecular formula is C17H25N3O4S. The van der Waals surface area contributed by atoms with E-state index in [2.05, 4.69) is 4.90 Å². The Balaban J connectivity index is 1.75. The minimum Gasteiger partial charge on any atom is -0.378 e. The van der Waals surface area contributed by atoms with E-state index in [9.17, 15) is 13.2 Å². The molecule has 2 aliphatic rings. The number of amides is 1. The minimum absolute atomic E-state index is 0.179. The van der Waals surface area contributed by atoms with E-state index in [0.717, 1.165) is 25.0 Å². The molecule has 0 unspecified atom stereocenters. The van der Waals surface area contributed by atoms with Crippen LogP contribution in [0, 0.1) is 0 Å². The third-order valence-corrected chi connectivity index (χ3v) is 5.79. The average Bonchev–Trinajstić information content (AvgIpc) is 3.14. The Morgan fingerprint density at radius 2 is 1.68 bits per heavy atom.